The smallest absolute Gasteiger partial charge is 0.00103 e. The van der Waals surface area contributed by atoms with Crippen LogP contribution in [0.3, 0.4) is 0 Å². The predicted octanol–water partition coefficient (Wildman–Crippen LogP) is 3.62. The van der Waals surface area contributed by atoms with Gasteiger partial charge in [-0.2, -0.15) is 0 Å². The van der Waals surface area contributed by atoms with Crippen LogP contribution in [0.2, 0.25) is 0 Å². The molecule has 16 heavy (non-hydrogen) atoms. The van der Waals surface area contributed by atoms with Gasteiger partial charge in [0.15, 0.2) is 0 Å². The van der Waals surface area contributed by atoms with Crippen molar-refractivity contribution in [3.05, 3.63) is 34.9 Å². The molecule has 1 rings (SSSR count). The molecule has 0 aliphatic rings. The summed E-state index contributed by atoms with van der Waals surface area (Å²) in [5, 5.41) is 3.45. The summed E-state index contributed by atoms with van der Waals surface area (Å²) >= 11 is 0. The molecule has 0 aliphatic carbocycles. The Morgan fingerprint density at radius 1 is 1.00 bits per heavy atom. The van der Waals surface area contributed by atoms with E-state index in [1.807, 2.05) is 0 Å². The summed E-state index contributed by atoms with van der Waals surface area (Å²) in [6, 6.07) is 7.47. The molecule has 0 radical (unpaired) electrons. The third kappa shape index (κ3) is 5.32. The molecule has 1 heteroatoms. The summed E-state index contributed by atoms with van der Waals surface area (Å²) < 4.78 is 0. The molecule has 1 nitrogen and oxygen atoms in total. The molecule has 90 valence electrons. The zero-order chi connectivity index (χ0) is 12.0. The molecule has 1 N–H and O–H groups in total. The highest BCUT2D eigenvalue weighted by Crippen LogP contribution is 2.11. The van der Waals surface area contributed by atoms with E-state index in [2.05, 4.69) is 51.2 Å². The van der Waals surface area contributed by atoms with Crippen molar-refractivity contribution < 1.29 is 0 Å². The van der Waals surface area contributed by atoms with E-state index >= 15 is 0 Å². The summed E-state index contributed by atoms with van der Waals surface area (Å²) in [4.78, 5) is 0. The summed E-state index contributed by atoms with van der Waals surface area (Å²) in [5.41, 5.74) is 4.26. The molecular weight excluding hydrogens is 194 g/mol. The van der Waals surface area contributed by atoms with Crippen molar-refractivity contribution in [1.82, 2.24) is 5.32 Å². The summed E-state index contributed by atoms with van der Waals surface area (Å²) in [6.45, 7) is 9.89. The average molecular weight is 219 g/mol. The van der Waals surface area contributed by atoms with E-state index < -0.39 is 0 Å². The fourth-order valence-electron chi connectivity index (χ4n) is 2.06. The SMILES string of the molecule is Cc1cc(C)cc(CCCCNC(C)C)c1. The average Bonchev–Trinajstić information content (AvgIpc) is 2.15. The van der Waals surface area contributed by atoms with Crippen molar-refractivity contribution in [2.75, 3.05) is 6.54 Å². The molecule has 0 saturated heterocycles. The molecule has 0 spiro atoms. The number of aryl methyl sites for hydroxylation is 3. The van der Waals surface area contributed by atoms with Gasteiger partial charge in [0.25, 0.3) is 0 Å². The Labute approximate surface area is 100 Å². The normalized spacial score (nSPS) is 11.1. The first-order valence-corrected chi connectivity index (χ1v) is 6.38. The van der Waals surface area contributed by atoms with Gasteiger partial charge in [-0.3, -0.25) is 0 Å². The number of rotatable bonds is 6. The van der Waals surface area contributed by atoms with E-state index in [1.54, 1.807) is 0 Å². The molecule has 0 unspecified atom stereocenters. The van der Waals surface area contributed by atoms with Gasteiger partial charge in [-0.05, 0) is 45.2 Å². The lowest BCUT2D eigenvalue weighted by molar-refractivity contribution is 0.557. The Hall–Kier alpha value is -0.820. The second-order valence-electron chi connectivity index (χ2n) is 5.06. The summed E-state index contributed by atoms with van der Waals surface area (Å²) in [6.07, 6.45) is 3.76. The van der Waals surface area contributed by atoms with Crippen molar-refractivity contribution in [1.29, 1.82) is 0 Å². The molecule has 0 atom stereocenters. The third-order valence-electron chi connectivity index (χ3n) is 2.73. The van der Waals surface area contributed by atoms with Crippen molar-refractivity contribution >= 4 is 0 Å². The first kappa shape index (κ1) is 13.2. The Morgan fingerprint density at radius 2 is 1.62 bits per heavy atom. The van der Waals surface area contributed by atoms with Crippen molar-refractivity contribution in [2.24, 2.45) is 0 Å². The van der Waals surface area contributed by atoms with Gasteiger partial charge in [0.1, 0.15) is 0 Å². The fourth-order valence-corrected chi connectivity index (χ4v) is 2.06. The maximum atomic E-state index is 3.45. The van der Waals surface area contributed by atoms with Crippen LogP contribution in [0.25, 0.3) is 0 Å². The molecule has 0 bridgehead atoms. The lowest BCUT2D eigenvalue weighted by atomic mass is 10.0. The molecule has 1 aromatic carbocycles. The second-order valence-corrected chi connectivity index (χ2v) is 5.06. The van der Waals surface area contributed by atoms with Crippen LogP contribution in [0.15, 0.2) is 18.2 Å². The number of hydrogen-bond acceptors (Lipinski definition) is 1. The van der Waals surface area contributed by atoms with E-state index in [0.717, 1.165) is 6.54 Å². The quantitative estimate of drug-likeness (QED) is 0.721. The van der Waals surface area contributed by atoms with Crippen LogP contribution in [-0.2, 0) is 6.42 Å². The zero-order valence-corrected chi connectivity index (χ0v) is 11.1. The minimum Gasteiger partial charge on any atom is -0.315 e. The highest BCUT2D eigenvalue weighted by Gasteiger charge is 1.97. The van der Waals surface area contributed by atoms with Crippen molar-refractivity contribution in [2.45, 2.75) is 53.0 Å². The maximum Gasteiger partial charge on any atom is 0.00103 e. The molecule has 0 amide bonds. The highest BCUT2D eigenvalue weighted by atomic mass is 14.9. The standard InChI is InChI=1S/C15H25N/c1-12(2)16-8-6-5-7-15-10-13(3)9-14(4)11-15/h9-12,16H,5-8H2,1-4H3. The lowest BCUT2D eigenvalue weighted by Gasteiger charge is -2.08. The first-order chi connectivity index (χ1) is 7.58. The third-order valence-corrected chi connectivity index (χ3v) is 2.73. The second kappa shape index (κ2) is 6.70. The molecule has 1 aromatic rings. The van der Waals surface area contributed by atoms with E-state index in [-0.39, 0.29) is 0 Å². The Balaban J connectivity index is 2.26. The van der Waals surface area contributed by atoms with Gasteiger partial charge in [0, 0.05) is 6.04 Å². The van der Waals surface area contributed by atoms with E-state index in [1.165, 1.54) is 36.0 Å². The lowest BCUT2D eigenvalue weighted by Crippen LogP contribution is -2.23. The number of unbranched alkanes of at least 4 members (excludes halogenated alkanes) is 1. The Kier molecular flexibility index (Phi) is 5.54. The predicted molar refractivity (Wildman–Crippen MR) is 72.0 cm³/mol. The number of benzene rings is 1. The number of hydrogen-bond donors (Lipinski definition) is 1. The van der Waals surface area contributed by atoms with Crippen LogP contribution in [0.4, 0.5) is 0 Å². The van der Waals surface area contributed by atoms with Crippen LogP contribution < -0.4 is 5.32 Å². The topological polar surface area (TPSA) is 12.0 Å². The van der Waals surface area contributed by atoms with Crippen LogP contribution in [0.5, 0.6) is 0 Å². The van der Waals surface area contributed by atoms with Gasteiger partial charge in [-0.15, -0.1) is 0 Å². The first-order valence-electron chi connectivity index (χ1n) is 6.38. The maximum absolute atomic E-state index is 3.45. The molecule has 0 saturated carbocycles. The minimum atomic E-state index is 0.612. The van der Waals surface area contributed by atoms with Gasteiger partial charge in [-0.25, -0.2) is 0 Å². The van der Waals surface area contributed by atoms with Crippen molar-refractivity contribution in [3.63, 3.8) is 0 Å². The molecule has 0 aliphatic heterocycles. The van der Waals surface area contributed by atoms with E-state index in [0.29, 0.717) is 6.04 Å². The van der Waals surface area contributed by atoms with Gasteiger partial charge in [-0.1, -0.05) is 43.2 Å². The molecule has 0 heterocycles. The summed E-state index contributed by atoms with van der Waals surface area (Å²) in [5.74, 6) is 0. The molecule has 0 fully saturated rings. The van der Waals surface area contributed by atoms with Gasteiger partial charge < -0.3 is 5.32 Å². The largest absolute Gasteiger partial charge is 0.315 e. The van der Waals surface area contributed by atoms with Crippen LogP contribution >= 0.6 is 0 Å². The molecule has 0 aromatic heterocycles. The zero-order valence-electron chi connectivity index (χ0n) is 11.1. The fraction of sp³-hybridized carbons (Fsp3) is 0.600. The van der Waals surface area contributed by atoms with Crippen LogP contribution in [0.1, 0.15) is 43.4 Å². The Morgan fingerprint density at radius 3 is 2.19 bits per heavy atom. The van der Waals surface area contributed by atoms with Gasteiger partial charge >= 0.3 is 0 Å². The highest BCUT2D eigenvalue weighted by molar-refractivity contribution is 5.28. The minimum absolute atomic E-state index is 0.612. The van der Waals surface area contributed by atoms with Gasteiger partial charge in [0.2, 0.25) is 0 Å². The van der Waals surface area contributed by atoms with Gasteiger partial charge in [0.05, 0.1) is 0 Å². The van der Waals surface area contributed by atoms with Crippen LogP contribution in [0, 0.1) is 13.8 Å². The Bertz CT molecular complexity index is 295. The monoisotopic (exact) mass is 219 g/mol. The number of nitrogens with one attached hydrogen (secondary N) is 1. The van der Waals surface area contributed by atoms with Crippen molar-refractivity contribution in [3.8, 4) is 0 Å². The summed E-state index contributed by atoms with van der Waals surface area (Å²) in [7, 11) is 0. The van der Waals surface area contributed by atoms with E-state index in [4.69, 9.17) is 0 Å². The van der Waals surface area contributed by atoms with Crippen LogP contribution in [-0.4, -0.2) is 12.6 Å². The molecular formula is C15H25N. The van der Waals surface area contributed by atoms with E-state index in [9.17, 15) is 0 Å².